The van der Waals surface area contributed by atoms with Gasteiger partial charge in [0, 0.05) is 16.5 Å². The van der Waals surface area contributed by atoms with Gasteiger partial charge in [0.1, 0.15) is 0 Å². The Hall–Kier alpha value is -0.670. The van der Waals surface area contributed by atoms with Crippen molar-refractivity contribution in [2.75, 3.05) is 6.54 Å². The highest BCUT2D eigenvalue weighted by atomic mass is 79.9. The molecule has 2 N–H and O–H groups in total. The molecule has 3 heteroatoms. The minimum atomic E-state index is 0.136. The van der Waals surface area contributed by atoms with E-state index in [2.05, 4.69) is 15.9 Å². The van der Waals surface area contributed by atoms with Gasteiger partial charge in [-0.05, 0) is 30.7 Å². The van der Waals surface area contributed by atoms with Gasteiger partial charge in [-0.15, -0.1) is 0 Å². The zero-order valence-corrected chi connectivity index (χ0v) is 9.80. The summed E-state index contributed by atoms with van der Waals surface area (Å²) in [5.74, 6) is 0.136. The van der Waals surface area contributed by atoms with E-state index in [-0.39, 0.29) is 5.78 Å². The van der Waals surface area contributed by atoms with E-state index in [0.29, 0.717) is 13.0 Å². The van der Waals surface area contributed by atoms with Crippen LogP contribution < -0.4 is 5.73 Å². The molecule has 14 heavy (non-hydrogen) atoms. The molecular weight excluding hydrogens is 242 g/mol. The first-order valence-electron chi connectivity index (χ1n) is 4.70. The van der Waals surface area contributed by atoms with Gasteiger partial charge in [-0.2, -0.15) is 0 Å². The van der Waals surface area contributed by atoms with Crippen LogP contribution in [0.25, 0.3) is 0 Å². The van der Waals surface area contributed by atoms with Crippen LogP contribution in [-0.4, -0.2) is 12.3 Å². The van der Waals surface area contributed by atoms with E-state index >= 15 is 0 Å². The maximum absolute atomic E-state index is 11.6. The molecule has 2 nitrogen and oxygen atoms in total. The molecular formula is C11H14BrNO. The Morgan fingerprint density at radius 3 is 2.79 bits per heavy atom. The summed E-state index contributed by atoms with van der Waals surface area (Å²) in [6, 6.07) is 5.74. The van der Waals surface area contributed by atoms with Gasteiger partial charge in [0.15, 0.2) is 5.78 Å². The van der Waals surface area contributed by atoms with Gasteiger partial charge >= 0.3 is 0 Å². The number of benzene rings is 1. The summed E-state index contributed by atoms with van der Waals surface area (Å²) in [6.45, 7) is 2.46. The molecule has 1 aromatic rings. The van der Waals surface area contributed by atoms with Gasteiger partial charge in [0.25, 0.3) is 0 Å². The molecule has 0 aliphatic rings. The first-order valence-corrected chi connectivity index (χ1v) is 5.50. The minimum absolute atomic E-state index is 0.136. The summed E-state index contributed by atoms with van der Waals surface area (Å²) >= 11 is 3.39. The van der Waals surface area contributed by atoms with E-state index < -0.39 is 0 Å². The van der Waals surface area contributed by atoms with Crippen LogP contribution in [0.3, 0.4) is 0 Å². The van der Waals surface area contributed by atoms with Crippen LogP contribution in [0.5, 0.6) is 0 Å². The Bertz CT molecular complexity index is 336. The molecule has 0 unspecified atom stereocenters. The summed E-state index contributed by atoms with van der Waals surface area (Å²) in [5.41, 5.74) is 7.25. The molecule has 0 aliphatic heterocycles. The number of ketones is 1. The summed E-state index contributed by atoms with van der Waals surface area (Å²) in [4.78, 5) is 11.6. The highest BCUT2D eigenvalue weighted by Crippen LogP contribution is 2.18. The lowest BCUT2D eigenvalue weighted by molar-refractivity contribution is 0.0984. The normalized spacial score (nSPS) is 10.2. The Morgan fingerprint density at radius 1 is 1.50 bits per heavy atom. The van der Waals surface area contributed by atoms with Gasteiger partial charge < -0.3 is 5.73 Å². The van der Waals surface area contributed by atoms with Crippen molar-refractivity contribution in [2.24, 2.45) is 5.73 Å². The highest BCUT2D eigenvalue weighted by molar-refractivity contribution is 9.10. The van der Waals surface area contributed by atoms with Crippen molar-refractivity contribution >= 4 is 21.7 Å². The molecule has 1 rings (SSSR count). The molecule has 0 bridgehead atoms. The third kappa shape index (κ3) is 2.66. The van der Waals surface area contributed by atoms with Crippen molar-refractivity contribution in [3.63, 3.8) is 0 Å². The van der Waals surface area contributed by atoms with E-state index in [0.717, 1.165) is 22.0 Å². The molecule has 0 atom stereocenters. The number of Topliss-reactive ketones (excluding diaryl/α,β-unsaturated/α-hetero) is 1. The number of carbonyl (C=O) groups excluding carboxylic acids is 1. The molecule has 0 saturated heterocycles. The van der Waals surface area contributed by atoms with Gasteiger partial charge in [0.05, 0.1) is 0 Å². The topological polar surface area (TPSA) is 43.1 Å². The summed E-state index contributed by atoms with van der Waals surface area (Å²) in [7, 11) is 0. The molecule has 0 aliphatic carbocycles. The Morgan fingerprint density at radius 2 is 2.21 bits per heavy atom. The SMILES string of the molecule is CCc1cc(Br)ccc1C(=O)CCN. The summed E-state index contributed by atoms with van der Waals surface area (Å²) in [5, 5.41) is 0. The van der Waals surface area contributed by atoms with Crippen LogP contribution in [0.1, 0.15) is 29.3 Å². The second-order valence-electron chi connectivity index (χ2n) is 3.12. The number of halogens is 1. The van der Waals surface area contributed by atoms with Crippen LogP contribution >= 0.6 is 15.9 Å². The van der Waals surface area contributed by atoms with E-state index in [1.807, 2.05) is 25.1 Å². The Balaban J connectivity index is 3.01. The first kappa shape index (κ1) is 11.4. The fraction of sp³-hybridized carbons (Fsp3) is 0.364. The van der Waals surface area contributed by atoms with Crippen LogP contribution in [0.2, 0.25) is 0 Å². The number of rotatable bonds is 4. The fourth-order valence-corrected chi connectivity index (χ4v) is 1.80. The van der Waals surface area contributed by atoms with Crippen LogP contribution in [-0.2, 0) is 6.42 Å². The van der Waals surface area contributed by atoms with Crippen molar-refractivity contribution in [1.29, 1.82) is 0 Å². The lowest BCUT2D eigenvalue weighted by Gasteiger charge is -2.06. The Kier molecular flexibility index (Phi) is 4.29. The highest BCUT2D eigenvalue weighted by Gasteiger charge is 2.09. The monoisotopic (exact) mass is 255 g/mol. The number of carbonyl (C=O) groups is 1. The number of hydrogen-bond acceptors (Lipinski definition) is 2. The molecule has 0 heterocycles. The number of aryl methyl sites for hydroxylation is 1. The molecule has 0 radical (unpaired) electrons. The zero-order chi connectivity index (χ0) is 10.6. The third-order valence-electron chi connectivity index (χ3n) is 2.12. The first-order chi connectivity index (χ1) is 6.69. The second kappa shape index (κ2) is 5.27. The van der Waals surface area contributed by atoms with Crippen LogP contribution in [0.4, 0.5) is 0 Å². The fourth-order valence-electron chi connectivity index (χ4n) is 1.39. The standard InChI is InChI=1S/C11H14BrNO/c1-2-8-7-9(12)3-4-10(8)11(14)5-6-13/h3-4,7H,2,5-6,13H2,1H3. The van der Waals surface area contributed by atoms with Gasteiger partial charge in [-0.25, -0.2) is 0 Å². The van der Waals surface area contributed by atoms with Crippen molar-refractivity contribution < 1.29 is 4.79 Å². The van der Waals surface area contributed by atoms with Crippen molar-refractivity contribution in [3.05, 3.63) is 33.8 Å². The smallest absolute Gasteiger partial charge is 0.164 e. The van der Waals surface area contributed by atoms with Crippen LogP contribution in [0.15, 0.2) is 22.7 Å². The van der Waals surface area contributed by atoms with Crippen molar-refractivity contribution in [3.8, 4) is 0 Å². The maximum Gasteiger partial charge on any atom is 0.164 e. The van der Waals surface area contributed by atoms with Crippen LogP contribution in [0, 0.1) is 0 Å². The maximum atomic E-state index is 11.6. The molecule has 76 valence electrons. The quantitative estimate of drug-likeness (QED) is 0.841. The predicted molar refractivity (Wildman–Crippen MR) is 61.5 cm³/mol. The van der Waals surface area contributed by atoms with E-state index in [4.69, 9.17) is 5.73 Å². The van der Waals surface area contributed by atoms with Gasteiger partial charge in [0.2, 0.25) is 0 Å². The van der Waals surface area contributed by atoms with E-state index in [1.54, 1.807) is 0 Å². The lowest BCUT2D eigenvalue weighted by atomic mass is 10.00. The summed E-state index contributed by atoms with van der Waals surface area (Å²) in [6.07, 6.45) is 1.29. The largest absolute Gasteiger partial charge is 0.330 e. The predicted octanol–water partition coefficient (Wildman–Crippen LogP) is 2.54. The molecule has 0 amide bonds. The molecule has 0 saturated carbocycles. The molecule has 0 aromatic heterocycles. The molecule has 0 fully saturated rings. The zero-order valence-electron chi connectivity index (χ0n) is 8.22. The second-order valence-corrected chi connectivity index (χ2v) is 4.03. The third-order valence-corrected chi connectivity index (χ3v) is 2.61. The average Bonchev–Trinajstić information content (AvgIpc) is 2.17. The van der Waals surface area contributed by atoms with Gasteiger partial charge in [-0.1, -0.05) is 28.9 Å². The average molecular weight is 256 g/mol. The molecule has 0 spiro atoms. The minimum Gasteiger partial charge on any atom is -0.330 e. The number of hydrogen-bond donors (Lipinski definition) is 1. The van der Waals surface area contributed by atoms with Gasteiger partial charge in [-0.3, -0.25) is 4.79 Å². The van der Waals surface area contributed by atoms with Crippen molar-refractivity contribution in [2.45, 2.75) is 19.8 Å². The molecule has 1 aromatic carbocycles. The van der Waals surface area contributed by atoms with Crippen molar-refractivity contribution in [1.82, 2.24) is 0 Å². The lowest BCUT2D eigenvalue weighted by Crippen LogP contribution is -2.10. The number of nitrogens with two attached hydrogens (primary N) is 1. The van der Waals surface area contributed by atoms with E-state index in [1.165, 1.54) is 0 Å². The summed E-state index contributed by atoms with van der Waals surface area (Å²) < 4.78 is 1.01. The van der Waals surface area contributed by atoms with E-state index in [9.17, 15) is 4.79 Å². The Labute approximate surface area is 92.6 Å².